The van der Waals surface area contributed by atoms with Gasteiger partial charge in [0.15, 0.2) is 0 Å². The third-order valence-electron chi connectivity index (χ3n) is 2.43. The van der Waals surface area contributed by atoms with Crippen molar-refractivity contribution in [2.45, 2.75) is 32.4 Å². The van der Waals surface area contributed by atoms with Gasteiger partial charge in [-0.2, -0.15) is 8.78 Å². The molecule has 0 aromatic heterocycles. The fourth-order valence-corrected chi connectivity index (χ4v) is 1.65. The lowest BCUT2D eigenvalue weighted by atomic mass is 10.2. The van der Waals surface area contributed by atoms with E-state index in [-0.39, 0.29) is 11.7 Å². The van der Waals surface area contributed by atoms with Crippen molar-refractivity contribution >= 4 is 17.5 Å². The average Bonchev–Trinajstić information content (AvgIpc) is 2.37. The lowest BCUT2D eigenvalue weighted by Crippen LogP contribution is -2.22. The zero-order valence-corrected chi connectivity index (χ0v) is 11.1. The molecule has 19 heavy (non-hydrogen) atoms. The third kappa shape index (κ3) is 6.96. The minimum Gasteiger partial charge on any atom is -0.435 e. The second kappa shape index (κ2) is 8.69. The number of benzene rings is 1. The number of ether oxygens (including phenoxy) is 1. The summed E-state index contributed by atoms with van der Waals surface area (Å²) in [4.78, 5) is 11.4. The van der Waals surface area contributed by atoms with Crippen LogP contribution in [-0.2, 0) is 11.3 Å². The summed E-state index contributed by atoms with van der Waals surface area (Å²) in [5, 5.41) is 2.75. The summed E-state index contributed by atoms with van der Waals surface area (Å²) >= 11 is 5.51. The number of amides is 1. The zero-order valence-electron chi connectivity index (χ0n) is 10.4. The molecule has 6 heteroatoms. The Hall–Kier alpha value is -1.36. The fraction of sp³-hybridized carbons (Fsp3) is 0.462. The topological polar surface area (TPSA) is 38.3 Å². The van der Waals surface area contributed by atoms with Crippen molar-refractivity contribution in [2.75, 3.05) is 5.88 Å². The van der Waals surface area contributed by atoms with Crippen LogP contribution < -0.4 is 10.1 Å². The van der Waals surface area contributed by atoms with Crippen LogP contribution in [0.5, 0.6) is 5.75 Å². The second-order valence-electron chi connectivity index (χ2n) is 3.95. The van der Waals surface area contributed by atoms with E-state index >= 15 is 0 Å². The van der Waals surface area contributed by atoms with E-state index < -0.39 is 6.61 Å². The van der Waals surface area contributed by atoms with E-state index in [0.717, 1.165) is 18.4 Å². The molecule has 0 aliphatic rings. The van der Waals surface area contributed by atoms with Crippen molar-refractivity contribution in [2.24, 2.45) is 0 Å². The summed E-state index contributed by atoms with van der Waals surface area (Å²) in [6.07, 6.45) is 2.02. The van der Waals surface area contributed by atoms with Crippen LogP contribution in [0.2, 0.25) is 0 Å². The number of hydrogen-bond donors (Lipinski definition) is 1. The molecule has 106 valence electrons. The normalized spacial score (nSPS) is 10.5. The molecule has 0 saturated heterocycles. The van der Waals surface area contributed by atoms with Crippen LogP contribution in [0, 0.1) is 0 Å². The van der Waals surface area contributed by atoms with Gasteiger partial charge in [0.2, 0.25) is 5.91 Å². The fourth-order valence-electron chi connectivity index (χ4n) is 1.46. The number of halogens is 3. The maximum atomic E-state index is 11.9. The Kier molecular flexibility index (Phi) is 7.18. The molecule has 0 saturated carbocycles. The molecular formula is C13H16ClF2NO2. The molecule has 0 aliphatic heterocycles. The molecule has 0 radical (unpaired) electrons. The average molecular weight is 292 g/mol. The summed E-state index contributed by atoms with van der Waals surface area (Å²) in [6.45, 7) is -2.46. The van der Waals surface area contributed by atoms with Crippen molar-refractivity contribution in [3.05, 3.63) is 29.8 Å². The van der Waals surface area contributed by atoms with E-state index in [1.807, 2.05) is 0 Å². The molecule has 1 rings (SSSR count). The van der Waals surface area contributed by atoms with E-state index in [9.17, 15) is 13.6 Å². The number of hydrogen-bond acceptors (Lipinski definition) is 2. The molecule has 3 nitrogen and oxygen atoms in total. The first-order valence-electron chi connectivity index (χ1n) is 5.98. The Morgan fingerprint density at radius 2 is 1.95 bits per heavy atom. The first kappa shape index (κ1) is 15.7. The van der Waals surface area contributed by atoms with E-state index in [1.54, 1.807) is 12.1 Å². The SMILES string of the molecule is O=C(CCCCCl)NCc1ccc(OC(F)F)cc1. The van der Waals surface area contributed by atoms with Crippen LogP contribution in [0.1, 0.15) is 24.8 Å². The molecular weight excluding hydrogens is 276 g/mol. The summed E-state index contributed by atoms with van der Waals surface area (Å²) in [7, 11) is 0. The van der Waals surface area contributed by atoms with E-state index in [4.69, 9.17) is 11.6 Å². The standard InChI is InChI=1S/C13H16ClF2NO2/c14-8-2-1-3-12(18)17-9-10-4-6-11(7-5-10)19-13(15)16/h4-7,13H,1-3,8-9H2,(H,17,18). The molecule has 0 spiro atoms. The highest BCUT2D eigenvalue weighted by Crippen LogP contribution is 2.14. The van der Waals surface area contributed by atoms with E-state index in [2.05, 4.69) is 10.1 Å². The van der Waals surface area contributed by atoms with Crippen LogP contribution in [0.3, 0.4) is 0 Å². The molecule has 1 aromatic carbocycles. The highest BCUT2D eigenvalue weighted by molar-refractivity contribution is 6.17. The van der Waals surface area contributed by atoms with Gasteiger partial charge in [-0.1, -0.05) is 12.1 Å². The monoisotopic (exact) mass is 291 g/mol. The largest absolute Gasteiger partial charge is 0.435 e. The molecule has 0 atom stereocenters. The van der Waals surface area contributed by atoms with Crippen molar-refractivity contribution < 1.29 is 18.3 Å². The lowest BCUT2D eigenvalue weighted by Gasteiger charge is -2.07. The molecule has 0 aliphatic carbocycles. The van der Waals surface area contributed by atoms with Crippen LogP contribution in [0.15, 0.2) is 24.3 Å². The number of unbranched alkanes of at least 4 members (excludes halogenated alkanes) is 1. The van der Waals surface area contributed by atoms with Gasteiger partial charge in [-0.15, -0.1) is 11.6 Å². The number of alkyl halides is 3. The lowest BCUT2D eigenvalue weighted by molar-refractivity contribution is -0.121. The molecule has 1 aromatic rings. The smallest absolute Gasteiger partial charge is 0.387 e. The summed E-state index contributed by atoms with van der Waals surface area (Å²) in [5.74, 6) is 0.615. The Bertz CT molecular complexity index is 385. The van der Waals surface area contributed by atoms with Gasteiger partial charge in [-0.05, 0) is 30.5 Å². The maximum absolute atomic E-state index is 11.9. The van der Waals surface area contributed by atoms with Gasteiger partial charge in [0, 0.05) is 18.8 Å². The van der Waals surface area contributed by atoms with Crippen LogP contribution in [0.4, 0.5) is 8.78 Å². The molecule has 0 bridgehead atoms. The van der Waals surface area contributed by atoms with Crippen molar-refractivity contribution in [3.63, 3.8) is 0 Å². The van der Waals surface area contributed by atoms with Crippen molar-refractivity contribution in [1.29, 1.82) is 0 Å². The highest BCUT2D eigenvalue weighted by Gasteiger charge is 2.04. The summed E-state index contributed by atoms with van der Waals surface area (Å²) in [6, 6.07) is 6.16. The van der Waals surface area contributed by atoms with Gasteiger partial charge in [-0.3, -0.25) is 4.79 Å². The Labute approximate surface area is 115 Å². The highest BCUT2D eigenvalue weighted by atomic mass is 35.5. The predicted octanol–water partition coefficient (Wildman–Crippen LogP) is 3.31. The van der Waals surface area contributed by atoms with Crippen LogP contribution in [-0.4, -0.2) is 18.4 Å². The van der Waals surface area contributed by atoms with Crippen molar-refractivity contribution in [3.8, 4) is 5.75 Å². The van der Waals surface area contributed by atoms with Crippen LogP contribution in [0.25, 0.3) is 0 Å². The van der Waals surface area contributed by atoms with Gasteiger partial charge >= 0.3 is 6.61 Å². The summed E-state index contributed by atoms with van der Waals surface area (Å²) in [5.41, 5.74) is 0.826. The number of nitrogens with one attached hydrogen (secondary N) is 1. The Morgan fingerprint density at radius 1 is 1.26 bits per heavy atom. The Balaban J connectivity index is 2.31. The zero-order chi connectivity index (χ0) is 14.1. The molecule has 0 heterocycles. The van der Waals surface area contributed by atoms with Crippen molar-refractivity contribution in [1.82, 2.24) is 5.32 Å². The first-order chi connectivity index (χ1) is 9.11. The van der Waals surface area contributed by atoms with Crippen LogP contribution >= 0.6 is 11.6 Å². The first-order valence-corrected chi connectivity index (χ1v) is 6.51. The number of carbonyl (C=O) groups excluding carboxylic acids is 1. The molecule has 0 unspecified atom stereocenters. The molecule has 1 N–H and O–H groups in total. The van der Waals surface area contributed by atoms with E-state index in [0.29, 0.717) is 18.8 Å². The quantitative estimate of drug-likeness (QED) is 0.589. The minimum absolute atomic E-state index is 0.0435. The number of carbonyl (C=O) groups is 1. The minimum atomic E-state index is -2.83. The molecule has 0 fully saturated rings. The van der Waals surface area contributed by atoms with Gasteiger partial charge in [0.1, 0.15) is 5.75 Å². The van der Waals surface area contributed by atoms with Gasteiger partial charge in [-0.25, -0.2) is 0 Å². The number of rotatable bonds is 8. The third-order valence-corrected chi connectivity index (χ3v) is 2.69. The van der Waals surface area contributed by atoms with Gasteiger partial charge in [0.05, 0.1) is 0 Å². The van der Waals surface area contributed by atoms with Gasteiger partial charge in [0.25, 0.3) is 0 Å². The van der Waals surface area contributed by atoms with E-state index in [1.165, 1.54) is 12.1 Å². The molecule has 1 amide bonds. The second-order valence-corrected chi connectivity index (χ2v) is 4.32. The summed E-state index contributed by atoms with van der Waals surface area (Å²) < 4.78 is 28.1. The van der Waals surface area contributed by atoms with Gasteiger partial charge < -0.3 is 10.1 Å². The Morgan fingerprint density at radius 3 is 2.53 bits per heavy atom. The maximum Gasteiger partial charge on any atom is 0.387 e. The predicted molar refractivity (Wildman–Crippen MR) is 69.5 cm³/mol.